The molecule has 5 rings (SSSR count). The van der Waals surface area contributed by atoms with Gasteiger partial charge in [-0.2, -0.15) is 0 Å². The van der Waals surface area contributed by atoms with Crippen LogP contribution in [-0.4, -0.2) is 35.9 Å². The molecule has 0 aromatic heterocycles. The van der Waals surface area contributed by atoms with Crippen molar-refractivity contribution in [3.8, 4) is 0 Å². The summed E-state index contributed by atoms with van der Waals surface area (Å²) in [5.41, 5.74) is -0.707. The minimum Gasteiger partial charge on any atom is -0.550 e. The van der Waals surface area contributed by atoms with E-state index in [2.05, 4.69) is 6.92 Å². The SMILES string of the molecule is C[C@H]1[C@@H](OC(=O)CCC(=O)[O-])O[C@@H]2O[C@]3(C)CC[C@@H]4[C@@H](C)CC[C@H]1[C@@]24OO3.[Na+]. The van der Waals surface area contributed by atoms with Gasteiger partial charge in [0.1, 0.15) is 0 Å². The number of hydrogen-bond acceptors (Lipinski definition) is 8. The van der Waals surface area contributed by atoms with Crippen LogP contribution in [0.4, 0.5) is 0 Å². The maximum atomic E-state index is 12.0. The quantitative estimate of drug-likeness (QED) is 0.308. The Morgan fingerprint density at radius 1 is 1.11 bits per heavy atom. The first kappa shape index (κ1) is 22.5. The molecule has 0 radical (unpaired) electrons. The Bertz CT molecular complexity index is 629. The molecule has 8 nitrogen and oxygen atoms in total. The Morgan fingerprint density at radius 2 is 1.86 bits per heavy atom. The number of carboxylic acid groups (broad SMARTS) is 1. The van der Waals surface area contributed by atoms with Crippen LogP contribution in [0.25, 0.3) is 0 Å². The van der Waals surface area contributed by atoms with Crippen molar-refractivity contribution in [1.82, 2.24) is 0 Å². The molecule has 4 aliphatic heterocycles. The number of carbonyl (C=O) groups is 2. The van der Waals surface area contributed by atoms with Crippen molar-refractivity contribution >= 4 is 11.9 Å². The summed E-state index contributed by atoms with van der Waals surface area (Å²) in [4.78, 5) is 34.4. The van der Waals surface area contributed by atoms with Crippen molar-refractivity contribution in [3.05, 3.63) is 0 Å². The Kier molecular flexibility index (Phi) is 6.53. The van der Waals surface area contributed by atoms with Crippen LogP contribution in [0.1, 0.15) is 59.3 Å². The molecule has 4 saturated heterocycles. The maximum Gasteiger partial charge on any atom is 1.00 e. The summed E-state index contributed by atoms with van der Waals surface area (Å²) >= 11 is 0. The normalized spacial score (nSPS) is 46.7. The molecule has 9 heteroatoms. The average molecular weight is 406 g/mol. The smallest absolute Gasteiger partial charge is 0.550 e. The molecular formula is C19H27NaO8. The van der Waals surface area contributed by atoms with E-state index in [1.165, 1.54) is 0 Å². The summed E-state index contributed by atoms with van der Waals surface area (Å²) in [6.45, 7) is 6.04. The van der Waals surface area contributed by atoms with E-state index in [4.69, 9.17) is 24.0 Å². The molecule has 4 heterocycles. The summed E-state index contributed by atoms with van der Waals surface area (Å²) in [7, 11) is 0. The second kappa shape index (κ2) is 8.13. The van der Waals surface area contributed by atoms with E-state index in [0.29, 0.717) is 12.3 Å². The summed E-state index contributed by atoms with van der Waals surface area (Å²) < 4.78 is 17.7. The van der Waals surface area contributed by atoms with Gasteiger partial charge in [0.15, 0.2) is 11.9 Å². The predicted molar refractivity (Wildman–Crippen MR) is 87.2 cm³/mol. The number of carboxylic acids is 1. The third-order valence-electron chi connectivity index (χ3n) is 6.88. The number of carbonyl (C=O) groups excluding carboxylic acids is 2. The molecule has 8 atom stereocenters. The van der Waals surface area contributed by atoms with Gasteiger partial charge >= 0.3 is 35.5 Å². The Morgan fingerprint density at radius 3 is 2.57 bits per heavy atom. The molecule has 152 valence electrons. The Hall–Kier alpha value is -0.220. The van der Waals surface area contributed by atoms with Gasteiger partial charge in [-0.3, -0.25) is 4.79 Å². The fraction of sp³-hybridized carbons (Fsp3) is 0.895. The van der Waals surface area contributed by atoms with E-state index >= 15 is 0 Å². The van der Waals surface area contributed by atoms with E-state index in [0.717, 1.165) is 19.3 Å². The van der Waals surface area contributed by atoms with Crippen LogP contribution >= 0.6 is 0 Å². The molecule has 2 bridgehead atoms. The first-order valence-electron chi connectivity index (χ1n) is 9.84. The molecule has 0 unspecified atom stereocenters. The van der Waals surface area contributed by atoms with Crippen LogP contribution in [0.5, 0.6) is 0 Å². The molecular weight excluding hydrogens is 379 g/mol. The molecule has 5 aliphatic rings. The monoisotopic (exact) mass is 406 g/mol. The van der Waals surface area contributed by atoms with Gasteiger partial charge in [-0.15, -0.1) is 0 Å². The second-order valence-corrected chi connectivity index (χ2v) is 8.64. The van der Waals surface area contributed by atoms with Gasteiger partial charge in [0.05, 0.1) is 6.42 Å². The van der Waals surface area contributed by atoms with Crippen molar-refractivity contribution in [3.63, 3.8) is 0 Å². The average Bonchev–Trinajstić information content (AvgIpc) is 2.84. The first-order valence-corrected chi connectivity index (χ1v) is 9.84. The number of ether oxygens (including phenoxy) is 3. The van der Waals surface area contributed by atoms with Gasteiger partial charge < -0.3 is 24.1 Å². The largest absolute Gasteiger partial charge is 1.00 e. The first-order chi connectivity index (χ1) is 12.7. The summed E-state index contributed by atoms with van der Waals surface area (Å²) in [5.74, 6) is -2.17. The van der Waals surface area contributed by atoms with Gasteiger partial charge in [-0.05, 0) is 44.4 Å². The zero-order valence-electron chi connectivity index (χ0n) is 17.0. The van der Waals surface area contributed by atoms with E-state index < -0.39 is 35.9 Å². The molecule has 0 N–H and O–H groups in total. The van der Waals surface area contributed by atoms with Crippen molar-refractivity contribution < 1.29 is 68.2 Å². The summed E-state index contributed by atoms with van der Waals surface area (Å²) in [6.07, 6.45) is 1.48. The Balaban J connectivity index is 0.00000225. The van der Waals surface area contributed by atoms with Gasteiger partial charge in [-0.1, -0.05) is 13.8 Å². The summed E-state index contributed by atoms with van der Waals surface area (Å²) in [6, 6.07) is 0. The number of aliphatic carboxylic acids is 1. The predicted octanol–water partition coefficient (Wildman–Crippen LogP) is -1.73. The molecule has 0 aromatic carbocycles. The van der Waals surface area contributed by atoms with E-state index in [1.54, 1.807) is 0 Å². The van der Waals surface area contributed by atoms with Crippen LogP contribution < -0.4 is 34.7 Å². The zero-order chi connectivity index (χ0) is 19.4. The van der Waals surface area contributed by atoms with Crippen LogP contribution in [-0.2, 0) is 33.6 Å². The van der Waals surface area contributed by atoms with E-state index in [-0.39, 0.29) is 60.2 Å². The van der Waals surface area contributed by atoms with Crippen molar-refractivity contribution in [2.24, 2.45) is 23.7 Å². The summed E-state index contributed by atoms with van der Waals surface area (Å²) in [5, 5.41) is 10.6. The van der Waals surface area contributed by atoms with Crippen molar-refractivity contribution in [2.75, 3.05) is 0 Å². The maximum absolute atomic E-state index is 12.0. The number of esters is 1. The standard InChI is InChI=1S/C19H28O8.Na/c1-10-4-5-13-11(2)16(23-15(22)7-6-14(20)21)24-17-19(13)12(10)8-9-18(3,25-17)26-27-19;/h10-13,16-17H,4-9H2,1-3H3,(H,20,21);/q;+1/p-1/t10-,11+,12+,13+,16-,17+,18-,19+;/m0./s1. The number of rotatable bonds is 4. The molecule has 28 heavy (non-hydrogen) atoms. The Labute approximate surface area is 186 Å². The third-order valence-corrected chi connectivity index (χ3v) is 6.88. The van der Waals surface area contributed by atoms with Crippen molar-refractivity contribution in [1.29, 1.82) is 0 Å². The van der Waals surface area contributed by atoms with Gasteiger partial charge in [0, 0.05) is 24.2 Å². The zero-order valence-corrected chi connectivity index (χ0v) is 19.0. The van der Waals surface area contributed by atoms with Crippen LogP contribution in [0.2, 0.25) is 0 Å². The fourth-order valence-electron chi connectivity index (χ4n) is 5.40. The van der Waals surface area contributed by atoms with Crippen LogP contribution in [0.15, 0.2) is 0 Å². The molecule has 5 fully saturated rings. The van der Waals surface area contributed by atoms with Gasteiger partial charge in [-0.25, -0.2) is 9.78 Å². The second-order valence-electron chi connectivity index (χ2n) is 8.64. The molecule has 0 aromatic rings. The molecule has 1 spiro atoms. The molecule has 1 aliphatic carbocycles. The van der Waals surface area contributed by atoms with Crippen LogP contribution in [0.3, 0.4) is 0 Å². The van der Waals surface area contributed by atoms with E-state index in [9.17, 15) is 14.7 Å². The van der Waals surface area contributed by atoms with E-state index in [1.807, 2.05) is 13.8 Å². The van der Waals surface area contributed by atoms with Crippen molar-refractivity contribution in [2.45, 2.75) is 83.3 Å². The van der Waals surface area contributed by atoms with Gasteiger partial charge in [0.25, 0.3) is 0 Å². The van der Waals surface area contributed by atoms with Gasteiger partial charge in [0.2, 0.25) is 12.1 Å². The molecule has 1 saturated carbocycles. The minimum atomic E-state index is -1.28. The fourth-order valence-corrected chi connectivity index (χ4v) is 5.40. The number of fused-ring (bicyclic) bond motifs is 2. The topological polar surface area (TPSA) is 103 Å². The molecule has 0 amide bonds. The third kappa shape index (κ3) is 3.66. The minimum absolute atomic E-state index is 0. The number of hydrogen-bond donors (Lipinski definition) is 0. The van der Waals surface area contributed by atoms with Crippen LogP contribution in [0, 0.1) is 23.7 Å².